The smallest absolute Gasteiger partial charge is 0.102 e. The Morgan fingerprint density at radius 2 is 2.00 bits per heavy atom. The number of rotatable bonds is 2. The van der Waals surface area contributed by atoms with Crippen molar-refractivity contribution in [3.63, 3.8) is 0 Å². The molecular weight excluding hydrogens is 222 g/mol. The zero-order valence-electron chi connectivity index (χ0n) is 12.0. The van der Waals surface area contributed by atoms with Gasteiger partial charge in [-0.05, 0) is 50.7 Å². The van der Waals surface area contributed by atoms with E-state index in [1.165, 1.54) is 5.56 Å². The van der Waals surface area contributed by atoms with Gasteiger partial charge in [-0.15, -0.1) is 0 Å². The second-order valence-electron chi connectivity index (χ2n) is 6.66. The molecule has 0 aromatic heterocycles. The van der Waals surface area contributed by atoms with Crippen molar-refractivity contribution in [2.75, 3.05) is 6.54 Å². The minimum atomic E-state index is -0.712. The van der Waals surface area contributed by atoms with Gasteiger partial charge in [-0.25, -0.2) is 0 Å². The van der Waals surface area contributed by atoms with Gasteiger partial charge in [0.2, 0.25) is 0 Å². The van der Waals surface area contributed by atoms with Crippen LogP contribution in [0.15, 0.2) is 24.3 Å². The van der Waals surface area contributed by atoms with Gasteiger partial charge in [0.15, 0.2) is 0 Å². The van der Waals surface area contributed by atoms with Crippen LogP contribution < -0.4 is 5.32 Å². The van der Waals surface area contributed by atoms with E-state index in [0.717, 1.165) is 18.4 Å². The van der Waals surface area contributed by atoms with Crippen LogP contribution in [0, 0.1) is 0 Å². The van der Waals surface area contributed by atoms with E-state index in [4.69, 9.17) is 0 Å². The number of hydrogen-bond donors (Lipinski definition) is 2. The SMILES string of the molecule is CC1CCC(O)(CNC(C)(C)C)c2ccccc21. The van der Waals surface area contributed by atoms with Crippen molar-refractivity contribution in [1.82, 2.24) is 5.32 Å². The molecule has 0 heterocycles. The number of benzene rings is 1. The molecule has 0 bridgehead atoms. The van der Waals surface area contributed by atoms with Crippen molar-refractivity contribution in [2.45, 2.75) is 57.6 Å². The standard InChI is InChI=1S/C16H25NO/c1-12-9-10-16(18,11-17-15(2,3)4)14-8-6-5-7-13(12)14/h5-8,12,17-18H,9-11H2,1-4H3. The third kappa shape index (κ3) is 2.76. The summed E-state index contributed by atoms with van der Waals surface area (Å²) in [5, 5.41) is 14.4. The van der Waals surface area contributed by atoms with Gasteiger partial charge in [0.1, 0.15) is 5.60 Å². The Hall–Kier alpha value is -0.860. The first-order chi connectivity index (χ1) is 8.32. The minimum absolute atomic E-state index is 0.0355. The van der Waals surface area contributed by atoms with Crippen molar-refractivity contribution in [2.24, 2.45) is 0 Å². The zero-order valence-corrected chi connectivity index (χ0v) is 12.0. The highest BCUT2D eigenvalue weighted by Crippen LogP contribution is 2.40. The highest BCUT2D eigenvalue weighted by molar-refractivity contribution is 5.37. The van der Waals surface area contributed by atoms with Crippen LogP contribution in [0.5, 0.6) is 0 Å². The fourth-order valence-electron chi connectivity index (χ4n) is 2.69. The summed E-state index contributed by atoms with van der Waals surface area (Å²) in [4.78, 5) is 0. The van der Waals surface area contributed by atoms with Crippen molar-refractivity contribution >= 4 is 0 Å². The van der Waals surface area contributed by atoms with Gasteiger partial charge < -0.3 is 10.4 Å². The monoisotopic (exact) mass is 247 g/mol. The van der Waals surface area contributed by atoms with Crippen molar-refractivity contribution in [3.8, 4) is 0 Å². The van der Waals surface area contributed by atoms with Crippen LogP contribution in [0.25, 0.3) is 0 Å². The second-order valence-corrected chi connectivity index (χ2v) is 6.66. The number of nitrogens with one attached hydrogen (secondary N) is 1. The Bertz CT molecular complexity index is 421. The van der Waals surface area contributed by atoms with Crippen LogP contribution in [0.2, 0.25) is 0 Å². The summed E-state index contributed by atoms with van der Waals surface area (Å²) >= 11 is 0. The number of fused-ring (bicyclic) bond motifs is 1. The Morgan fingerprint density at radius 3 is 2.67 bits per heavy atom. The van der Waals surface area contributed by atoms with Crippen molar-refractivity contribution in [1.29, 1.82) is 0 Å². The largest absolute Gasteiger partial charge is 0.384 e. The molecule has 0 aliphatic heterocycles. The molecule has 100 valence electrons. The van der Waals surface area contributed by atoms with Crippen molar-refractivity contribution in [3.05, 3.63) is 35.4 Å². The van der Waals surface area contributed by atoms with Gasteiger partial charge in [-0.2, -0.15) is 0 Å². The maximum atomic E-state index is 10.9. The van der Waals surface area contributed by atoms with Gasteiger partial charge in [-0.1, -0.05) is 31.2 Å². The first kappa shape index (κ1) is 13.6. The Morgan fingerprint density at radius 1 is 1.33 bits per heavy atom. The minimum Gasteiger partial charge on any atom is -0.384 e. The van der Waals surface area contributed by atoms with Gasteiger partial charge in [0, 0.05) is 12.1 Å². The molecule has 18 heavy (non-hydrogen) atoms. The van der Waals surface area contributed by atoms with Gasteiger partial charge in [-0.3, -0.25) is 0 Å². The molecule has 0 radical (unpaired) electrons. The molecule has 0 saturated heterocycles. The van der Waals surface area contributed by atoms with E-state index in [1.54, 1.807) is 0 Å². The number of aliphatic hydroxyl groups is 1. The lowest BCUT2D eigenvalue weighted by Gasteiger charge is -2.39. The summed E-state index contributed by atoms with van der Waals surface area (Å²) in [6.07, 6.45) is 1.90. The molecule has 1 aliphatic carbocycles. The highest BCUT2D eigenvalue weighted by atomic mass is 16.3. The quantitative estimate of drug-likeness (QED) is 0.841. The normalized spacial score (nSPS) is 27.9. The van der Waals surface area contributed by atoms with E-state index in [0.29, 0.717) is 12.5 Å². The van der Waals surface area contributed by atoms with E-state index < -0.39 is 5.60 Å². The molecule has 0 fully saturated rings. The van der Waals surface area contributed by atoms with Crippen LogP contribution in [0.3, 0.4) is 0 Å². The lowest BCUT2D eigenvalue weighted by Crippen LogP contribution is -2.47. The summed E-state index contributed by atoms with van der Waals surface area (Å²) < 4.78 is 0. The molecule has 2 nitrogen and oxygen atoms in total. The van der Waals surface area contributed by atoms with Crippen LogP contribution >= 0.6 is 0 Å². The molecule has 2 unspecified atom stereocenters. The lowest BCUT2D eigenvalue weighted by atomic mass is 9.74. The predicted molar refractivity (Wildman–Crippen MR) is 75.7 cm³/mol. The summed E-state index contributed by atoms with van der Waals surface area (Å²) in [5.74, 6) is 0.552. The third-order valence-electron chi connectivity index (χ3n) is 3.90. The van der Waals surface area contributed by atoms with E-state index >= 15 is 0 Å². The molecule has 2 rings (SSSR count). The Balaban J connectivity index is 2.27. The van der Waals surface area contributed by atoms with Crippen LogP contribution in [0.1, 0.15) is 57.6 Å². The van der Waals surface area contributed by atoms with E-state index in [9.17, 15) is 5.11 Å². The summed E-state index contributed by atoms with van der Waals surface area (Å²) in [5.41, 5.74) is 1.74. The lowest BCUT2D eigenvalue weighted by molar-refractivity contribution is 0.0108. The summed E-state index contributed by atoms with van der Waals surface area (Å²) in [7, 11) is 0. The molecule has 0 saturated carbocycles. The maximum absolute atomic E-state index is 10.9. The number of β-amino-alcohol motifs (C(OH)–C–C–N with tert-alkyl or cyclic N) is 1. The van der Waals surface area contributed by atoms with Gasteiger partial charge in [0.05, 0.1) is 0 Å². The molecular formula is C16H25NO. The molecule has 2 N–H and O–H groups in total. The van der Waals surface area contributed by atoms with Crippen LogP contribution in [0.4, 0.5) is 0 Å². The van der Waals surface area contributed by atoms with Crippen LogP contribution in [-0.4, -0.2) is 17.2 Å². The highest BCUT2D eigenvalue weighted by Gasteiger charge is 2.37. The fraction of sp³-hybridized carbons (Fsp3) is 0.625. The van der Waals surface area contributed by atoms with E-state index in [-0.39, 0.29) is 5.54 Å². The average molecular weight is 247 g/mol. The number of hydrogen-bond acceptors (Lipinski definition) is 2. The molecule has 2 heteroatoms. The van der Waals surface area contributed by atoms with Gasteiger partial charge in [0.25, 0.3) is 0 Å². The summed E-state index contributed by atoms with van der Waals surface area (Å²) in [6, 6.07) is 8.33. The van der Waals surface area contributed by atoms with Crippen LogP contribution in [-0.2, 0) is 5.60 Å². The summed E-state index contributed by atoms with van der Waals surface area (Å²) in [6.45, 7) is 9.27. The Kier molecular flexibility index (Phi) is 3.52. The zero-order chi connectivity index (χ0) is 13.4. The first-order valence-corrected chi connectivity index (χ1v) is 6.89. The maximum Gasteiger partial charge on any atom is 0.102 e. The second kappa shape index (κ2) is 4.67. The molecule has 1 aromatic rings. The molecule has 1 aromatic carbocycles. The first-order valence-electron chi connectivity index (χ1n) is 6.89. The van der Waals surface area contributed by atoms with Gasteiger partial charge >= 0.3 is 0 Å². The van der Waals surface area contributed by atoms with Crippen molar-refractivity contribution < 1.29 is 5.11 Å². The van der Waals surface area contributed by atoms with E-state index in [1.807, 2.05) is 6.07 Å². The Labute approximate surface area is 110 Å². The topological polar surface area (TPSA) is 32.3 Å². The fourth-order valence-corrected chi connectivity index (χ4v) is 2.69. The average Bonchev–Trinajstić information content (AvgIpc) is 2.32. The molecule has 2 atom stereocenters. The van der Waals surface area contributed by atoms with E-state index in [2.05, 4.69) is 51.2 Å². The predicted octanol–water partition coefficient (Wildman–Crippen LogP) is 3.16. The third-order valence-corrected chi connectivity index (χ3v) is 3.90. The molecule has 1 aliphatic rings. The molecule has 0 spiro atoms. The molecule has 0 amide bonds.